The molecule has 0 aliphatic heterocycles. The Kier molecular flexibility index (Phi) is 6.75. The van der Waals surface area contributed by atoms with Crippen molar-refractivity contribution in [3.8, 4) is 12.3 Å². The van der Waals surface area contributed by atoms with Crippen molar-refractivity contribution in [3.63, 3.8) is 0 Å². The first-order chi connectivity index (χ1) is 7.86. The molecule has 0 rings (SSSR count). The Labute approximate surface area is 101 Å². The second kappa shape index (κ2) is 7.52. The van der Waals surface area contributed by atoms with E-state index in [9.17, 15) is 9.59 Å². The molecular formula is C11H19N3O3. The molecule has 2 amide bonds. The number of amides is 2. The fourth-order valence-electron chi connectivity index (χ4n) is 1.33. The van der Waals surface area contributed by atoms with Crippen LogP contribution in [0.4, 0.5) is 4.79 Å². The van der Waals surface area contributed by atoms with Gasteiger partial charge in [-0.05, 0) is 21.0 Å². The average molecular weight is 241 g/mol. The van der Waals surface area contributed by atoms with Crippen LogP contribution in [0.2, 0.25) is 0 Å². The van der Waals surface area contributed by atoms with Gasteiger partial charge in [0.25, 0.3) is 0 Å². The van der Waals surface area contributed by atoms with E-state index in [0.717, 1.165) is 0 Å². The highest BCUT2D eigenvalue weighted by molar-refractivity contribution is 5.82. The monoisotopic (exact) mass is 241 g/mol. The van der Waals surface area contributed by atoms with Crippen molar-refractivity contribution < 1.29 is 14.7 Å². The average Bonchev–Trinajstić information content (AvgIpc) is 2.14. The lowest BCUT2D eigenvalue weighted by atomic mass is 10.2. The van der Waals surface area contributed by atoms with Crippen molar-refractivity contribution in [3.05, 3.63) is 0 Å². The Morgan fingerprint density at radius 1 is 1.41 bits per heavy atom. The molecule has 0 aliphatic carbocycles. The molecule has 0 radical (unpaired) electrons. The molecule has 0 bridgehead atoms. The molecule has 0 aliphatic rings. The van der Waals surface area contributed by atoms with Crippen LogP contribution in [0, 0.1) is 12.3 Å². The Morgan fingerprint density at radius 2 is 2.00 bits per heavy atom. The number of likely N-dealkylation sites (N-methyl/N-ethyl adjacent to an activating group) is 1. The Balaban J connectivity index is 4.15. The normalized spacial score (nSPS) is 13.6. The van der Waals surface area contributed by atoms with Gasteiger partial charge in [-0.2, -0.15) is 0 Å². The maximum Gasteiger partial charge on any atom is 0.327 e. The third kappa shape index (κ3) is 7.19. The van der Waals surface area contributed by atoms with Gasteiger partial charge in [-0.25, -0.2) is 9.59 Å². The molecule has 17 heavy (non-hydrogen) atoms. The summed E-state index contributed by atoms with van der Waals surface area (Å²) in [5.41, 5.74) is 0. The summed E-state index contributed by atoms with van der Waals surface area (Å²) in [6.45, 7) is 2.50. The number of terminal acetylenes is 1. The number of nitrogens with one attached hydrogen (secondary N) is 2. The van der Waals surface area contributed by atoms with Gasteiger partial charge in [0.15, 0.2) is 0 Å². The highest BCUT2D eigenvalue weighted by Gasteiger charge is 2.19. The zero-order chi connectivity index (χ0) is 13.4. The minimum Gasteiger partial charge on any atom is -0.480 e. The highest BCUT2D eigenvalue weighted by Crippen LogP contribution is 1.91. The number of carbonyl (C=O) groups is 2. The number of hydrogen-bond donors (Lipinski definition) is 3. The lowest BCUT2D eigenvalue weighted by molar-refractivity contribution is -0.139. The van der Waals surface area contributed by atoms with Gasteiger partial charge in [-0.1, -0.05) is 0 Å². The molecule has 0 spiro atoms. The topological polar surface area (TPSA) is 81.7 Å². The number of rotatable bonds is 6. The highest BCUT2D eigenvalue weighted by atomic mass is 16.4. The van der Waals surface area contributed by atoms with Gasteiger partial charge in [0, 0.05) is 19.0 Å². The second-order valence-electron chi connectivity index (χ2n) is 4.08. The first-order valence-corrected chi connectivity index (χ1v) is 5.24. The number of carbonyl (C=O) groups excluding carboxylic acids is 1. The molecule has 0 aromatic heterocycles. The van der Waals surface area contributed by atoms with Gasteiger partial charge < -0.3 is 20.6 Å². The quantitative estimate of drug-likeness (QED) is 0.558. The van der Waals surface area contributed by atoms with Crippen LogP contribution in [0.1, 0.15) is 13.3 Å². The van der Waals surface area contributed by atoms with E-state index >= 15 is 0 Å². The fraction of sp³-hybridized carbons (Fsp3) is 0.636. The number of nitrogens with zero attached hydrogens (tertiary/aromatic N) is 1. The van der Waals surface area contributed by atoms with Crippen LogP contribution in [0.5, 0.6) is 0 Å². The van der Waals surface area contributed by atoms with Crippen LogP contribution in [-0.4, -0.2) is 54.7 Å². The largest absolute Gasteiger partial charge is 0.480 e. The van der Waals surface area contributed by atoms with E-state index in [1.807, 2.05) is 25.9 Å². The standard InChI is InChI=1S/C11H19N3O3/c1-5-6-9(10(15)16)13-11(17)12-8(2)7-14(3)4/h1,8-9H,6-7H2,2-4H3,(H,15,16)(H2,12,13,17). The molecular weight excluding hydrogens is 222 g/mol. The summed E-state index contributed by atoms with van der Waals surface area (Å²) in [7, 11) is 3.77. The second-order valence-corrected chi connectivity index (χ2v) is 4.08. The number of carboxylic acids is 1. The molecule has 6 heteroatoms. The van der Waals surface area contributed by atoms with E-state index in [1.54, 1.807) is 0 Å². The third-order valence-corrected chi connectivity index (χ3v) is 1.94. The van der Waals surface area contributed by atoms with Crippen LogP contribution in [0.25, 0.3) is 0 Å². The maximum absolute atomic E-state index is 11.5. The minimum absolute atomic E-state index is 0.0369. The molecule has 0 fully saturated rings. The van der Waals surface area contributed by atoms with Crippen LogP contribution >= 0.6 is 0 Å². The molecule has 2 atom stereocenters. The van der Waals surface area contributed by atoms with Gasteiger partial charge in [-0.3, -0.25) is 0 Å². The minimum atomic E-state index is -1.14. The third-order valence-electron chi connectivity index (χ3n) is 1.94. The first-order valence-electron chi connectivity index (χ1n) is 5.24. The zero-order valence-electron chi connectivity index (χ0n) is 10.4. The SMILES string of the molecule is C#CCC(NC(=O)NC(C)CN(C)C)C(=O)O. The summed E-state index contributed by atoms with van der Waals surface area (Å²) in [6.07, 6.45) is 4.98. The molecule has 3 N–H and O–H groups in total. The lowest BCUT2D eigenvalue weighted by Crippen LogP contribution is -2.50. The molecule has 0 aromatic rings. The van der Waals surface area contributed by atoms with E-state index < -0.39 is 18.0 Å². The summed E-state index contributed by atoms with van der Waals surface area (Å²) in [4.78, 5) is 24.1. The van der Waals surface area contributed by atoms with Crippen LogP contribution in [-0.2, 0) is 4.79 Å². The van der Waals surface area contributed by atoms with Gasteiger partial charge in [-0.15, -0.1) is 12.3 Å². The molecule has 0 saturated heterocycles. The smallest absolute Gasteiger partial charge is 0.327 e. The maximum atomic E-state index is 11.5. The predicted molar refractivity (Wildman–Crippen MR) is 64.6 cm³/mol. The molecule has 0 aromatic carbocycles. The Hall–Kier alpha value is -1.74. The summed E-state index contributed by atoms with van der Waals surface area (Å²) < 4.78 is 0. The molecule has 96 valence electrons. The van der Waals surface area contributed by atoms with E-state index in [0.29, 0.717) is 6.54 Å². The zero-order valence-corrected chi connectivity index (χ0v) is 10.4. The van der Waals surface area contributed by atoms with Gasteiger partial charge in [0.05, 0.1) is 0 Å². The van der Waals surface area contributed by atoms with E-state index in [-0.39, 0.29) is 12.5 Å². The number of hydrogen-bond acceptors (Lipinski definition) is 3. The van der Waals surface area contributed by atoms with E-state index in [1.165, 1.54) is 0 Å². The van der Waals surface area contributed by atoms with Crippen molar-refractivity contribution in [1.29, 1.82) is 0 Å². The Morgan fingerprint density at radius 3 is 2.41 bits per heavy atom. The van der Waals surface area contributed by atoms with Crippen molar-refractivity contribution in [2.24, 2.45) is 0 Å². The molecule has 6 nitrogen and oxygen atoms in total. The number of urea groups is 1. The van der Waals surface area contributed by atoms with Crippen LogP contribution < -0.4 is 10.6 Å². The summed E-state index contributed by atoms with van der Waals surface area (Å²) in [6, 6.07) is -1.65. The van der Waals surface area contributed by atoms with Crippen molar-refractivity contribution in [2.75, 3.05) is 20.6 Å². The predicted octanol–water partition coefficient (Wildman–Crippen LogP) is -0.288. The first kappa shape index (κ1) is 15.3. The summed E-state index contributed by atoms with van der Waals surface area (Å²) in [5, 5.41) is 13.7. The van der Waals surface area contributed by atoms with Crippen LogP contribution in [0.15, 0.2) is 0 Å². The molecule has 0 heterocycles. The summed E-state index contributed by atoms with van der Waals surface area (Å²) >= 11 is 0. The number of aliphatic carboxylic acids is 1. The molecule has 0 saturated carbocycles. The van der Waals surface area contributed by atoms with E-state index in [4.69, 9.17) is 11.5 Å². The van der Waals surface area contributed by atoms with Gasteiger partial charge in [0.2, 0.25) is 0 Å². The van der Waals surface area contributed by atoms with Gasteiger partial charge >= 0.3 is 12.0 Å². The summed E-state index contributed by atoms with van der Waals surface area (Å²) in [5.74, 6) is 1.07. The number of carboxylic acid groups (broad SMARTS) is 1. The lowest BCUT2D eigenvalue weighted by Gasteiger charge is -2.20. The van der Waals surface area contributed by atoms with Crippen molar-refractivity contribution in [2.45, 2.75) is 25.4 Å². The van der Waals surface area contributed by atoms with Crippen molar-refractivity contribution >= 4 is 12.0 Å². The van der Waals surface area contributed by atoms with Gasteiger partial charge in [0.1, 0.15) is 6.04 Å². The fourth-order valence-corrected chi connectivity index (χ4v) is 1.33. The Bertz CT molecular complexity index is 310. The van der Waals surface area contributed by atoms with Crippen LogP contribution in [0.3, 0.4) is 0 Å². The van der Waals surface area contributed by atoms with Crippen molar-refractivity contribution in [1.82, 2.24) is 15.5 Å². The molecule has 2 unspecified atom stereocenters. The van der Waals surface area contributed by atoms with E-state index in [2.05, 4.69) is 16.6 Å².